The number of ether oxygens (including phenoxy) is 5. The molecule has 0 amide bonds. The first kappa shape index (κ1) is 19.3. The largest absolute Gasteiger partial charge is 0.493 e. The lowest BCUT2D eigenvalue weighted by molar-refractivity contribution is 0.288. The number of nitrogens with one attached hydrogen (secondary N) is 1. The van der Waals surface area contributed by atoms with Gasteiger partial charge in [0, 0.05) is 29.3 Å². The molecule has 1 N–H and O–H groups in total. The third-order valence-electron chi connectivity index (χ3n) is 4.15. The van der Waals surface area contributed by atoms with Gasteiger partial charge in [-0.2, -0.15) is 0 Å². The van der Waals surface area contributed by atoms with E-state index >= 15 is 0 Å². The zero-order valence-electron chi connectivity index (χ0n) is 16.5. The van der Waals surface area contributed by atoms with E-state index in [2.05, 4.69) is 15.3 Å². The van der Waals surface area contributed by atoms with Gasteiger partial charge in [0.05, 0.1) is 40.6 Å². The topological polar surface area (TPSA) is 84.0 Å². The zero-order chi connectivity index (χ0) is 20.1. The van der Waals surface area contributed by atoms with Crippen LogP contribution in [0.15, 0.2) is 30.6 Å². The maximum absolute atomic E-state index is 5.65. The van der Waals surface area contributed by atoms with Crippen molar-refractivity contribution in [3.63, 3.8) is 0 Å². The molecule has 0 saturated heterocycles. The highest BCUT2D eigenvalue weighted by Gasteiger charge is 2.16. The molecule has 8 nitrogen and oxygen atoms in total. The SMILES string of the molecule is CCOc1c(OC)cc(Nc2ncnc3cc(OC)c(OC)cc23)cc1OC. The molecule has 2 aromatic carbocycles. The third kappa shape index (κ3) is 3.66. The average molecular weight is 385 g/mol. The van der Waals surface area contributed by atoms with Crippen molar-refractivity contribution in [2.75, 3.05) is 40.4 Å². The fourth-order valence-electron chi connectivity index (χ4n) is 2.86. The summed E-state index contributed by atoms with van der Waals surface area (Å²) in [5.41, 5.74) is 1.45. The molecule has 0 atom stereocenters. The molecule has 3 rings (SSSR count). The summed E-state index contributed by atoms with van der Waals surface area (Å²) in [6.07, 6.45) is 1.49. The van der Waals surface area contributed by atoms with Gasteiger partial charge < -0.3 is 29.0 Å². The Morgan fingerprint density at radius 2 is 1.39 bits per heavy atom. The van der Waals surface area contributed by atoms with Gasteiger partial charge in [-0.25, -0.2) is 9.97 Å². The normalized spacial score (nSPS) is 10.5. The quantitative estimate of drug-likeness (QED) is 0.627. The van der Waals surface area contributed by atoms with Gasteiger partial charge in [-0.05, 0) is 13.0 Å². The Balaban J connectivity index is 2.07. The van der Waals surface area contributed by atoms with Gasteiger partial charge in [0.1, 0.15) is 12.1 Å². The minimum atomic E-state index is 0.498. The summed E-state index contributed by atoms with van der Waals surface area (Å²) in [6, 6.07) is 7.28. The van der Waals surface area contributed by atoms with Crippen LogP contribution in [0.5, 0.6) is 28.7 Å². The molecule has 148 valence electrons. The van der Waals surface area contributed by atoms with Crippen LogP contribution < -0.4 is 29.0 Å². The summed E-state index contributed by atoms with van der Waals surface area (Å²) < 4.78 is 27.3. The summed E-state index contributed by atoms with van der Waals surface area (Å²) in [5.74, 6) is 3.47. The second-order valence-corrected chi connectivity index (χ2v) is 5.71. The number of methoxy groups -OCH3 is 4. The van der Waals surface area contributed by atoms with Crippen LogP contribution in [0.3, 0.4) is 0 Å². The Morgan fingerprint density at radius 1 is 0.786 bits per heavy atom. The van der Waals surface area contributed by atoms with E-state index in [1.54, 1.807) is 34.5 Å². The van der Waals surface area contributed by atoms with E-state index in [0.29, 0.717) is 41.2 Å². The van der Waals surface area contributed by atoms with E-state index < -0.39 is 0 Å². The lowest BCUT2D eigenvalue weighted by Gasteiger charge is -2.16. The van der Waals surface area contributed by atoms with Crippen LogP contribution in [0.2, 0.25) is 0 Å². The van der Waals surface area contributed by atoms with Crippen molar-refractivity contribution in [2.45, 2.75) is 6.92 Å². The number of fused-ring (bicyclic) bond motifs is 1. The maximum atomic E-state index is 5.65. The van der Waals surface area contributed by atoms with Gasteiger partial charge in [0.25, 0.3) is 0 Å². The molecule has 28 heavy (non-hydrogen) atoms. The molecule has 8 heteroatoms. The van der Waals surface area contributed by atoms with E-state index in [0.717, 1.165) is 16.6 Å². The number of rotatable bonds is 8. The van der Waals surface area contributed by atoms with E-state index in [9.17, 15) is 0 Å². The van der Waals surface area contributed by atoms with Crippen molar-refractivity contribution in [1.82, 2.24) is 9.97 Å². The first-order valence-electron chi connectivity index (χ1n) is 8.67. The zero-order valence-corrected chi connectivity index (χ0v) is 16.5. The lowest BCUT2D eigenvalue weighted by Crippen LogP contribution is -2.02. The molecule has 0 radical (unpaired) electrons. The van der Waals surface area contributed by atoms with Crippen LogP contribution in [0, 0.1) is 0 Å². The lowest BCUT2D eigenvalue weighted by atomic mass is 10.2. The molecule has 0 unspecified atom stereocenters. The van der Waals surface area contributed by atoms with Crippen molar-refractivity contribution < 1.29 is 23.7 Å². The molecule has 1 aromatic heterocycles. The number of benzene rings is 2. The van der Waals surface area contributed by atoms with Gasteiger partial charge in [0.15, 0.2) is 23.0 Å². The Kier molecular flexibility index (Phi) is 5.88. The second kappa shape index (κ2) is 8.51. The molecule has 0 aliphatic heterocycles. The Morgan fingerprint density at radius 3 is 1.96 bits per heavy atom. The maximum Gasteiger partial charge on any atom is 0.203 e. The van der Waals surface area contributed by atoms with Gasteiger partial charge >= 0.3 is 0 Å². The smallest absolute Gasteiger partial charge is 0.203 e. The standard InChI is InChI=1S/C20H23N3O5/c1-6-28-19-17(26-4)7-12(8-18(19)27-5)23-20-13-9-15(24-2)16(25-3)10-14(13)21-11-22-20/h7-11H,6H2,1-5H3,(H,21,22,23). The molecule has 0 bridgehead atoms. The molecule has 0 saturated carbocycles. The van der Waals surface area contributed by atoms with Gasteiger partial charge in [-0.15, -0.1) is 0 Å². The van der Waals surface area contributed by atoms with Crippen LogP contribution in [0.1, 0.15) is 6.92 Å². The van der Waals surface area contributed by atoms with Crippen molar-refractivity contribution in [1.29, 1.82) is 0 Å². The molecular weight excluding hydrogens is 362 g/mol. The molecular formula is C20H23N3O5. The predicted octanol–water partition coefficient (Wildman–Crippen LogP) is 3.81. The molecule has 0 aliphatic rings. The van der Waals surface area contributed by atoms with E-state index in [1.807, 2.05) is 25.1 Å². The van der Waals surface area contributed by atoms with E-state index in [1.165, 1.54) is 6.33 Å². The highest BCUT2D eigenvalue weighted by Crippen LogP contribution is 2.41. The first-order chi connectivity index (χ1) is 13.6. The van der Waals surface area contributed by atoms with Crippen molar-refractivity contribution in [3.8, 4) is 28.7 Å². The second-order valence-electron chi connectivity index (χ2n) is 5.71. The highest BCUT2D eigenvalue weighted by molar-refractivity contribution is 5.93. The number of hydrogen-bond donors (Lipinski definition) is 1. The minimum absolute atomic E-state index is 0.498. The Bertz CT molecular complexity index is 952. The summed E-state index contributed by atoms with van der Waals surface area (Å²) in [4.78, 5) is 8.69. The first-order valence-corrected chi connectivity index (χ1v) is 8.67. The summed E-state index contributed by atoms with van der Waals surface area (Å²) in [6.45, 7) is 2.40. The van der Waals surface area contributed by atoms with Crippen molar-refractivity contribution >= 4 is 22.4 Å². The van der Waals surface area contributed by atoms with Crippen molar-refractivity contribution in [2.24, 2.45) is 0 Å². The third-order valence-corrected chi connectivity index (χ3v) is 4.15. The summed E-state index contributed by atoms with van der Waals surface area (Å²) in [5, 5.41) is 4.08. The predicted molar refractivity (Wildman–Crippen MR) is 107 cm³/mol. The van der Waals surface area contributed by atoms with Gasteiger partial charge in [-0.1, -0.05) is 0 Å². The van der Waals surface area contributed by atoms with E-state index in [4.69, 9.17) is 23.7 Å². The summed E-state index contributed by atoms with van der Waals surface area (Å²) in [7, 11) is 6.34. The molecule has 1 heterocycles. The van der Waals surface area contributed by atoms with Crippen molar-refractivity contribution in [3.05, 3.63) is 30.6 Å². The van der Waals surface area contributed by atoms with Crippen LogP contribution in [0.25, 0.3) is 10.9 Å². The molecule has 0 spiro atoms. The number of nitrogens with zero attached hydrogens (tertiary/aromatic N) is 2. The Labute approximate surface area is 163 Å². The average Bonchev–Trinajstić information content (AvgIpc) is 2.73. The number of anilines is 2. The fraction of sp³-hybridized carbons (Fsp3) is 0.300. The number of aromatic nitrogens is 2. The van der Waals surface area contributed by atoms with Gasteiger partial charge in [-0.3, -0.25) is 0 Å². The monoisotopic (exact) mass is 385 g/mol. The molecule has 3 aromatic rings. The van der Waals surface area contributed by atoms with Crippen LogP contribution in [0.4, 0.5) is 11.5 Å². The summed E-state index contributed by atoms with van der Waals surface area (Å²) >= 11 is 0. The Hall–Kier alpha value is -3.42. The van der Waals surface area contributed by atoms with Gasteiger partial charge in [0.2, 0.25) is 5.75 Å². The highest BCUT2D eigenvalue weighted by atomic mass is 16.5. The molecule has 0 fully saturated rings. The van der Waals surface area contributed by atoms with E-state index in [-0.39, 0.29) is 0 Å². The van der Waals surface area contributed by atoms with Crippen LogP contribution in [-0.2, 0) is 0 Å². The van der Waals surface area contributed by atoms with Crippen LogP contribution in [-0.4, -0.2) is 45.0 Å². The fourth-order valence-corrected chi connectivity index (χ4v) is 2.86. The molecule has 0 aliphatic carbocycles. The number of hydrogen-bond acceptors (Lipinski definition) is 8. The minimum Gasteiger partial charge on any atom is -0.493 e. The van der Waals surface area contributed by atoms with Crippen LogP contribution >= 0.6 is 0 Å².